The lowest BCUT2D eigenvalue weighted by atomic mass is 9.96. The van der Waals surface area contributed by atoms with E-state index in [1.54, 1.807) is 12.1 Å². The van der Waals surface area contributed by atoms with Gasteiger partial charge >= 0.3 is 0 Å². The van der Waals surface area contributed by atoms with Crippen molar-refractivity contribution in [3.8, 4) is 0 Å². The summed E-state index contributed by atoms with van der Waals surface area (Å²) < 4.78 is 17.2. The van der Waals surface area contributed by atoms with Crippen LogP contribution in [-0.4, -0.2) is 21.8 Å². The zero-order valence-electron chi connectivity index (χ0n) is 13.5. The molecule has 0 aliphatic rings. The third-order valence-electron chi connectivity index (χ3n) is 3.39. The highest BCUT2D eigenvalue weighted by Gasteiger charge is 2.21. The van der Waals surface area contributed by atoms with Crippen LogP contribution >= 0.6 is 11.5 Å². The molecule has 0 aliphatic carbocycles. The molecule has 1 atom stereocenters. The van der Waals surface area contributed by atoms with Gasteiger partial charge in [-0.25, -0.2) is 9.37 Å². The van der Waals surface area contributed by atoms with Crippen LogP contribution in [0.15, 0.2) is 24.3 Å². The van der Waals surface area contributed by atoms with Crippen LogP contribution in [-0.2, 0) is 16.6 Å². The molecular weight excluding hydrogens is 315 g/mol. The monoisotopic (exact) mass is 336 g/mol. The molecule has 1 aromatic heterocycles. The molecule has 1 heterocycles. The molecule has 1 unspecified atom stereocenters. The van der Waals surface area contributed by atoms with Crippen LogP contribution in [0.25, 0.3) is 0 Å². The number of anilines is 1. The molecule has 0 bridgehead atoms. The third kappa shape index (κ3) is 4.99. The lowest BCUT2D eigenvalue weighted by Gasteiger charge is -2.14. The van der Waals surface area contributed by atoms with E-state index in [1.807, 2.05) is 20.8 Å². The van der Waals surface area contributed by atoms with Gasteiger partial charge in [-0.2, -0.15) is 4.37 Å². The summed E-state index contributed by atoms with van der Waals surface area (Å²) in [6, 6.07) is 6.07. The number of nitrogens with two attached hydrogens (primary N) is 1. The molecule has 0 aliphatic heterocycles. The number of benzene rings is 1. The number of hydrogen-bond donors (Lipinski definition) is 2. The smallest absolute Gasteiger partial charge is 0.222 e. The number of nitrogens with zero attached hydrogens (tertiary/aromatic N) is 2. The molecule has 7 heteroatoms. The van der Waals surface area contributed by atoms with Gasteiger partial charge in [0.25, 0.3) is 0 Å². The molecule has 1 amide bonds. The lowest BCUT2D eigenvalue weighted by molar-refractivity contribution is -0.121. The highest BCUT2D eigenvalue weighted by atomic mass is 32.1. The number of primary amides is 1. The second-order valence-electron chi connectivity index (χ2n) is 6.48. The van der Waals surface area contributed by atoms with E-state index in [2.05, 4.69) is 14.7 Å². The number of hydrogen-bond acceptors (Lipinski definition) is 5. The van der Waals surface area contributed by atoms with Gasteiger partial charge < -0.3 is 11.1 Å². The van der Waals surface area contributed by atoms with Crippen LogP contribution < -0.4 is 11.1 Å². The quantitative estimate of drug-likeness (QED) is 0.850. The molecule has 0 saturated carbocycles. The fraction of sp³-hybridized carbons (Fsp3) is 0.438. The van der Waals surface area contributed by atoms with Crippen LogP contribution in [0.3, 0.4) is 0 Å². The van der Waals surface area contributed by atoms with Crippen molar-refractivity contribution in [3.63, 3.8) is 0 Å². The number of carbonyl (C=O) groups is 1. The van der Waals surface area contributed by atoms with Gasteiger partial charge in [0.2, 0.25) is 11.0 Å². The number of aromatic nitrogens is 2. The molecule has 0 fully saturated rings. The molecular formula is C16H21FN4OS. The van der Waals surface area contributed by atoms with Crippen molar-refractivity contribution in [2.24, 2.45) is 11.7 Å². The maximum Gasteiger partial charge on any atom is 0.222 e. The normalized spacial score (nSPS) is 12.9. The van der Waals surface area contributed by atoms with Crippen LogP contribution in [0, 0.1) is 11.7 Å². The minimum Gasteiger partial charge on any atom is -0.369 e. The SMILES string of the molecule is CC(C)(C)c1nsc(NCC(Cc2ccc(F)cc2)C(N)=O)n1. The number of nitrogens with one attached hydrogen (secondary N) is 1. The number of carbonyl (C=O) groups excluding carboxylic acids is 1. The van der Waals surface area contributed by atoms with Crippen molar-refractivity contribution in [1.82, 2.24) is 9.36 Å². The summed E-state index contributed by atoms with van der Waals surface area (Å²) in [5, 5.41) is 3.79. The van der Waals surface area contributed by atoms with Gasteiger partial charge in [0, 0.05) is 23.5 Å². The van der Waals surface area contributed by atoms with Gasteiger partial charge in [-0.1, -0.05) is 32.9 Å². The second-order valence-corrected chi connectivity index (χ2v) is 7.24. The Labute approximate surface area is 139 Å². The zero-order valence-corrected chi connectivity index (χ0v) is 14.3. The van der Waals surface area contributed by atoms with E-state index in [0.717, 1.165) is 11.4 Å². The average molecular weight is 336 g/mol. The minimum absolute atomic E-state index is 0.117. The third-order valence-corrected chi connectivity index (χ3v) is 4.07. The molecule has 2 aromatic rings. The molecule has 0 spiro atoms. The molecule has 3 N–H and O–H groups in total. The van der Waals surface area contributed by atoms with E-state index in [1.165, 1.54) is 23.7 Å². The summed E-state index contributed by atoms with van der Waals surface area (Å²) >= 11 is 1.26. The van der Waals surface area contributed by atoms with Crippen molar-refractivity contribution < 1.29 is 9.18 Å². The summed E-state index contributed by atoms with van der Waals surface area (Å²) in [5.41, 5.74) is 6.22. The van der Waals surface area contributed by atoms with Crippen molar-refractivity contribution in [3.05, 3.63) is 41.5 Å². The van der Waals surface area contributed by atoms with E-state index >= 15 is 0 Å². The van der Waals surface area contributed by atoms with Gasteiger partial charge in [-0.3, -0.25) is 4.79 Å². The Hall–Kier alpha value is -2.02. The summed E-state index contributed by atoms with van der Waals surface area (Å²) in [4.78, 5) is 16.1. The van der Waals surface area contributed by atoms with Crippen molar-refractivity contribution in [2.75, 3.05) is 11.9 Å². The van der Waals surface area contributed by atoms with Gasteiger partial charge in [0.1, 0.15) is 11.6 Å². The van der Waals surface area contributed by atoms with Gasteiger partial charge in [-0.05, 0) is 24.1 Å². The lowest BCUT2D eigenvalue weighted by Crippen LogP contribution is -2.31. The summed E-state index contributed by atoms with van der Waals surface area (Å²) in [6.45, 7) is 6.49. The van der Waals surface area contributed by atoms with Crippen LogP contribution in [0.1, 0.15) is 32.2 Å². The summed E-state index contributed by atoms with van der Waals surface area (Å²) in [5.74, 6) is -0.338. The fourth-order valence-corrected chi connectivity index (χ4v) is 2.75. The Bertz CT molecular complexity index is 663. The van der Waals surface area contributed by atoms with E-state index in [0.29, 0.717) is 18.1 Å². The Morgan fingerprint density at radius 1 is 1.35 bits per heavy atom. The molecule has 0 radical (unpaired) electrons. The Morgan fingerprint density at radius 3 is 2.52 bits per heavy atom. The predicted molar refractivity (Wildman–Crippen MR) is 89.9 cm³/mol. The second kappa shape index (κ2) is 7.04. The minimum atomic E-state index is -0.401. The van der Waals surface area contributed by atoms with Crippen LogP contribution in [0.2, 0.25) is 0 Å². The Balaban J connectivity index is 1.98. The molecule has 1 aromatic carbocycles. The predicted octanol–water partition coefficient (Wildman–Crippen LogP) is 2.73. The largest absolute Gasteiger partial charge is 0.369 e. The van der Waals surface area contributed by atoms with Crippen molar-refractivity contribution in [2.45, 2.75) is 32.6 Å². The van der Waals surface area contributed by atoms with Gasteiger partial charge in [0.05, 0.1) is 5.92 Å². The summed E-state index contributed by atoms with van der Waals surface area (Å²) in [7, 11) is 0. The van der Waals surface area contributed by atoms with Crippen LogP contribution in [0.4, 0.5) is 9.52 Å². The number of halogens is 1. The standard InChI is InChI=1S/C16H21FN4OS/c1-16(2,3)14-20-15(23-21-14)19-9-11(13(18)22)8-10-4-6-12(17)7-5-10/h4-7,11H,8-9H2,1-3H3,(H2,18,22)(H,19,20,21). The Morgan fingerprint density at radius 2 is 2.00 bits per heavy atom. The fourth-order valence-electron chi connectivity index (χ4n) is 1.99. The highest BCUT2D eigenvalue weighted by Crippen LogP contribution is 2.23. The first-order chi connectivity index (χ1) is 10.8. The molecule has 23 heavy (non-hydrogen) atoms. The topological polar surface area (TPSA) is 80.9 Å². The van der Waals surface area contributed by atoms with Gasteiger partial charge in [0.15, 0.2) is 0 Å². The molecule has 2 rings (SSSR count). The van der Waals surface area contributed by atoms with Crippen molar-refractivity contribution in [1.29, 1.82) is 0 Å². The van der Waals surface area contributed by atoms with Crippen LogP contribution in [0.5, 0.6) is 0 Å². The highest BCUT2D eigenvalue weighted by molar-refractivity contribution is 7.09. The zero-order chi connectivity index (χ0) is 17.0. The first-order valence-electron chi connectivity index (χ1n) is 7.37. The maximum atomic E-state index is 12.9. The van der Waals surface area contributed by atoms with Crippen molar-refractivity contribution >= 4 is 22.6 Å². The molecule has 124 valence electrons. The first kappa shape index (κ1) is 17.3. The van der Waals surface area contributed by atoms with E-state index in [4.69, 9.17) is 5.73 Å². The Kier molecular flexibility index (Phi) is 5.30. The maximum absolute atomic E-state index is 12.9. The van der Waals surface area contributed by atoms with E-state index in [-0.39, 0.29) is 11.2 Å². The number of rotatable bonds is 6. The molecule has 0 saturated heterocycles. The number of amides is 1. The first-order valence-corrected chi connectivity index (χ1v) is 8.15. The average Bonchev–Trinajstić information content (AvgIpc) is 2.94. The van der Waals surface area contributed by atoms with E-state index < -0.39 is 11.8 Å². The molecule has 5 nitrogen and oxygen atoms in total. The van der Waals surface area contributed by atoms with Gasteiger partial charge in [-0.15, -0.1) is 0 Å². The summed E-state index contributed by atoms with van der Waals surface area (Å²) in [6.07, 6.45) is 0.452. The van der Waals surface area contributed by atoms with E-state index in [9.17, 15) is 9.18 Å².